The topological polar surface area (TPSA) is 64.3 Å². The van der Waals surface area contributed by atoms with Crippen molar-refractivity contribution in [2.75, 3.05) is 17.7 Å². The number of carbonyl (C=O) groups is 1. The third-order valence-corrected chi connectivity index (χ3v) is 4.55. The average Bonchev–Trinajstić information content (AvgIpc) is 2.40. The van der Waals surface area contributed by atoms with E-state index >= 15 is 0 Å². The number of carbonyl (C=O) groups excluding carboxylic acids is 1. The van der Waals surface area contributed by atoms with Gasteiger partial charge < -0.3 is 15.8 Å². The normalized spacial score (nSPS) is 22.8. The van der Waals surface area contributed by atoms with E-state index in [4.69, 9.17) is 10.5 Å². The Bertz CT molecular complexity index is 439. The van der Waals surface area contributed by atoms with E-state index < -0.39 is 5.91 Å². The van der Waals surface area contributed by atoms with E-state index in [0.717, 1.165) is 5.69 Å². The first-order valence-electron chi connectivity index (χ1n) is 6.54. The molecule has 19 heavy (non-hydrogen) atoms. The molecule has 1 aliphatic rings. The Labute approximate surface area is 118 Å². The molecule has 0 aliphatic carbocycles. The Morgan fingerprint density at radius 1 is 1.58 bits per heavy atom. The van der Waals surface area contributed by atoms with Crippen LogP contribution in [0, 0.1) is 0 Å². The SMILES string of the molecule is CC1SCCCC1Nc1cccc(OCC(N)=O)c1. The van der Waals surface area contributed by atoms with Crippen LogP contribution < -0.4 is 15.8 Å². The Morgan fingerprint density at radius 3 is 3.16 bits per heavy atom. The van der Waals surface area contributed by atoms with E-state index in [1.54, 1.807) is 0 Å². The molecule has 0 aromatic heterocycles. The van der Waals surface area contributed by atoms with Gasteiger partial charge in [0, 0.05) is 23.0 Å². The predicted molar refractivity (Wildman–Crippen MR) is 79.7 cm³/mol. The largest absolute Gasteiger partial charge is 0.484 e. The Kier molecular flexibility index (Phi) is 4.96. The van der Waals surface area contributed by atoms with Gasteiger partial charge in [0.05, 0.1) is 0 Å². The van der Waals surface area contributed by atoms with E-state index in [0.29, 0.717) is 17.0 Å². The van der Waals surface area contributed by atoms with Gasteiger partial charge in [-0.15, -0.1) is 0 Å². The Morgan fingerprint density at radius 2 is 2.42 bits per heavy atom. The van der Waals surface area contributed by atoms with Crippen LogP contribution in [-0.4, -0.2) is 29.6 Å². The molecule has 1 saturated heterocycles. The molecule has 2 rings (SSSR count). The lowest BCUT2D eigenvalue weighted by Crippen LogP contribution is -2.32. The van der Waals surface area contributed by atoms with Crippen LogP contribution in [-0.2, 0) is 4.79 Å². The number of amides is 1. The van der Waals surface area contributed by atoms with Crippen LogP contribution in [0.1, 0.15) is 19.8 Å². The van der Waals surface area contributed by atoms with Crippen molar-refractivity contribution in [3.05, 3.63) is 24.3 Å². The summed E-state index contributed by atoms with van der Waals surface area (Å²) in [5.41, 5.74) is 6.09. The van der Waals surface area contributed by atoms with Gasteiger partial charge in [0.1, 0.15) is 5.75 Å². The van der Waals surface area contributed by atoms with Crippen molar-refractivity contribution in [1.82, 2.24) is 0 Å². The van der Waals surface area contributed by atoms with Crippen LogP contribution in [0.4, 0.5) is 5.69 Å². The zero-order valence-corrected chi connectivity index (χ0v) is 11.9. The lowest BCUT2D eigenvalue weighted by Gasteiger charge is -2.30. The highest BCUT2D eigenvalue weighted by molar-refractivity contribution is 8.00. The van der Waals surface area contributed by atoms with Crippen molar-refractivity contribution in [2.24, 2.45) is 5.73 Å². The van der Waals surface area contributed by atoms with Gasteiger partial charge in [-0.25, -0.2) is 0 Å². The van der Waals surface area contributed by atoms with Crippen molar-refractivity contribution in [3.63, 3.8) is 0 Å². The summed E-state index contributed by atoms with van der Waals surface area (Å²) in [5.74, 6) is 1.46. The fourth-order valence-electron chi connectivity index (χ4n) is 2.16. The lowest BCUT2D eigenvalue weighted by atomic mass is 10.1. The van der Waals surface area contributed by atoms with Crippen LogP contribution in [0.3, 0.4) is 0 Å². The number of anilines is 1. The maximum atomic E-state index is 10.7. The highest BCUT2D eigenvalue weighted by atomic mass is 32.2. The van der Waals surface area contributed by atoms with Crippen molar-refractivity contribution < 1.29 is 9.53 Å². The van der Waals surface area contributed by atoms with Gasteiger partial charge in [-0.3, -0.25) is 4.79 Å². The molecule has 5 heteroatoms. The molecular formula is C14H20N2O2S. The van der Waals surface area contributed by atoms with E-state index in [9.17, 15) is 4.79 Å². The molecule has 1 heterocycles. The fourth-order valence-corrected chi connectivity index (χ4v) is 3.30. The van der Waals surface area contributed by atoms with Crippen molar-refractivity contribution in [2.45, 2.75) is 31.1 Å². The summed E-state index contributed by atoms with van der Waals surface area (Å²) < 4.78 is 5.30. The lowest BCUT2D eigenvalue weighted by molar-refractivity contribution is -0.119. The van der Waals surface area contributed by atoms with Gasteiger partial charge in [0.2, 0.25) is 0 Å². The van der Waals surface area contributed by atoms with Gasteiger partial charge >= 0.3 is 0 Å². The van der Waals surface area contributed by atoms with Crippen LogP contribution in [0.15, 0.2) is 24.3 Å². The summed E-state index contributed by atoms with van der Waals surface area (Å²) in [5, 5.41) is 4.16. The number of hydrogen-bond donors (Lipinski definition) is 2. The maximum Gasteiger partial charge on any atom is 0.255 e. The molecule has 2 atom stereocenters. The molecule has 0 radical (unpaired) electrons. The number of hydrogen-bond acceptors (Lipinski definition) is 4. The third kappa shape index (κ3) is 4.35. The number of rotatable bonds is 5. The second-order valence-electron chi connectivity index (χ2n) is 4.75. The fraction of sp³-hybridized carbons (Fsp3) is 0.500. The highest BCUT2D eigenvalue weighted by Gasteiger charge is 2.21. The number of benzene rings is 1. The molecule has 0 bridgehead atoms. The average molecular weight is 280 g/mol. The summed E-state index contributed by atoms with van der Waals surface area (Å²) >= 11 is 2.01. The molecule has 4 nitrogen and oxygen atoms in total. The summed E-state index contributed by atoms with van der Waals surface area (Å²) in [4.78, 5) is 10.7. The van der Waals surface area contributed by atoms with Gasteiger partial charge in [0.15, 0.2) is 6.61 Å². The molecule has 104 valence electrons. The van der Waals surface area contributed by atoms with E-state index in [1.165, 1.54) is 18.6 Å². The van der Waals surface area contributed by atoms with Crippen LogP contribution in [0.5, 0.6) is 5.75 Å². The second kappa shape index (κ2) is 6.70. The number of nitrogens with one attached hydrogen (secondary N) is 1. The van der Waals surface area contributed by atoms with E-state index in [1.807, 2.05) is 36.0 Å². The second-order valence-corrected chi connectivity index (χ2v) is 6.24. The van der Waals surface area contributed by atoms with Crippen LogP contribution >= 0.6 is 11.8 Å². The molecule has 1 amide bonds. The molecule has 1 aromatic carbocycles. The minimum absolute atomic E-state index is 0.0842. The number of primary amides is 1. The molecule has 0 saturated carbocycles. The number of nitrogens with two attached hydrogens (primary N) is 1. The first-order chi connectivity index (χ1) is 9.15. The third-order valence-electron chi connectivity index (χ3n) is 3.17. The van der Waals surface area contributed by atoms with Gasteiger partial charge in [-0.1, -0.05) is 13.0 Å². The number of ether oxygens (including phenoxy) is 1. The van der Waals surface area contributed by atoms with Gasteiger partial charge in [-0.05, 0) is 30.7 Å². The number of thioether (sulfide) groups is 1. The minimum atomic E-state index is -0.462. The predicted octanol–water partition coefficient (Wildman–Crippen LogP) is 2.25. The van der Waals surface area contributed by atoms with E-state index in [-0.39, 0.29) is 6.61 Å². The molecule has 2 unspecified atom stereocenters. The van der Waals surface area contributed by atoms with E-state index in [2.05, 4.69) is 12.2 Å². The molecule has 1 fully saturated rings. The summed E-state index contributed by atoms with van der Waals surface area (Å²) in [6, 6.07) is 8.16. The molecule has 0 spiro atoms. The zero-order valence-electron chi connectivity index (χ0n) is 11.1. The minimum Gasteiger partial charge on any atom is -0.484 e. The molecule has 1 aliphatic heterocycles. The smallest absolute Gasteiger partial charge is 0.255 e. The maximum absolute atomic E-state index is 10.7. The monoisotopic (exact) mass is 280 g/mol. The summed E-state index contributed by atoms with van der Waals surface area (Å²) in [7, 11) is 0. The summed E-state index contributed by atoms with van der Waals surface area (Å²) in [6.45, 7) is 2.17. The van der Waals surface area contributed by atoms with Crippen LogP contribution in [0.25, 0.3) is 0 Å². The Balaban J connectivity index is 1.96. The Hall–Kier alpha value is -1.36. The summed E-state index contributed by atoms with van der Waals surface area (Å²) in [6.07, 6.45) is 2.45. The molecular weight excluding hydrogens is 260 g/mol. The van der Waals surface area contributed by atoms with Crippen LogP contribution in [0.2, 0.25) is 0 Å². The van der Waals surface area contributed by atoms with Gasteiger partial charge in [0.25, 0.3) is 5.91 Å². The van der Waals surface area contributed by atoms with Crippen molar-refractivity contribution >= 4 is 23.4 Å². The first-order valence-corrected chi connectivity index (χ1v) is 7.59. The van der Waals surface area contributed by atoms with Crippen molar-refractivity contribution in [3.8, 4) is 5.75 Å². The zero-order chi connectivity index (χ0) is 13.7. The van der Waals surface area contributed by atoms with Crippen molar-refractivity contribution in [1.29, 1.82) is 0 Å². The molecule has 3 N–H and O–H groups in total. The standard InChI is InChI=1S/C14H20N2O2S/c1-10-13(6-3-7-19-10)16-11-4-2-5-12(8-11)18-9-14(15)17/h2,4-5,8,10,13,16H,3,6-7,9H2,1H3,(H2,15,17). The molecule has 1 aromatic rings. The highest BCUT2D eigenvalue weighted by Crippen LogP contribution is 2.28. The van der Waals surface area contributed by atoms with Gasteiger partial charge in [-0.2, -0.15) is 11.8 Å². The quantitative estimate of drug-likeness (QED) is 0.868. The first kappa shape index (κ1) is 14.1.